The molecule has 5 nitrogen and oxygen atoms in total. The minimum Gasteiger partial charge on any atom is -0.340 e. The van der Waals surface area contributed by atoms with Crippen molar-refractivity contribution in [3.63, 3.8) is 0 Å². The minimum absolute atomic E-state index is 0.327. The highest BCUT2D eigenvalue weighted by Crippen LogP contribution is 2.15. The van der Waals surface area contributed by atoms with E-state index in [2.05, 4.69) is 31.8 Å². The largest absolute Gasteiger partial charge is 0.340 e. The number of thioether (sulfide) groups is 1. The smallest absolute Gasteiger partial charge is 0.262 e. The zero-order valence-electron chi connectivity index (χ0n) is 13.8. The van der Waals surface area contributed by atoms with E-state index in [4.69, 9.17) is 0 Å². The van der Waals surface area contributed by atoms with Crippen molar-refractivity contribution in [2.45, 2.75) is 17.9 Å². The quantitative estimate of drug-likeness (QED) is 0.427. The Morgan fingerprint density at radius 3 is 2.48 bits per heavy atom. The van der Waals surface area contributed by atoms with Crippen molar-refractivity contribution in [1.82, 2.24) is 10.7 Å². The molecule has 1 unspecified atom stereocenters. The minimum atomic E-state index is -0.712. The second-order valence-corrected chi connectivity index (χ2v) is 6.92. The van der Waals surface area contributed by atoms with Gasteiger partial charge in [-0.1, -0.05) is 24.3 Å². The number of halogens is 1. The Bertz CT molecular complexity index is 778. The van der Waals surface area contributed by atoms with Crippen LogP contribution in [0.4, 0.5) is 0 Å². The number of carbonyl (C=O) groups is 2. The molecule has 0 aliphatic carbocycles. The van der Waals surface area contributed by atoms with Gasteiger partial charge in [-0.05, 0) is 58.9 Å². The second-order valence-electron chi connectivity index (χ2n) is 5.18. The van der Waals surface area contributed by atoms with E-state index in [0.29, 0.717) is 10.0 Å². The van der Waals surface area contributed by atoms with Gasteiger partial charge in [-0.15, -0.1) is 11.8 Å². The molecule has 7 heteroatoms. The molecule has 0 aliphatic rings. The molecule has 0 heterocycles. The van der Waals surface area contributed by atoms with Crippen LogP contribution in [-0.2, 0) is 4.79 Å². The molecule has 2 N–H and O–H groups in total. The standard InChI is InChI=1S/C18H18BrN3O2S/c1-12(21-18(24)15-5-3-4-6-16(15)19)17(23)22-20-11-13-7-9-14(25-2)10-8-13/h3-12H,1-2H3,(H,21,24)(H,22,23). The zero-order chi connectivity index (χ0) is 18.2. The highest BCUT2D eigenvalue weighted by atomic mass is 79.9. The van der Waals surface area contributed by atoms with E-state index in [1.807, 2.05) is 36.6 Å². The number of carbonyl (C=O) groups excluding carboxylic acids is 2. The van der Waals surface area contributed by atoms with Crippen molar-refractivity contribution in [2.75, 3.05) is 6.26 Å². The number of nitrogens with one attached hydrogen (secondary N) is 2. The first-order valence-corrected chi connectivity index (χ1v) is 9.55. The molecule has 0 bridgehead atoms. The molecule has 130 valence electrons. The van der Waals surface area contributed by atoms with Crippen molar-refractivity contribution >= 4 is 45.7 Å². The molecule has 2 rings (SSSR count). The lowest BCUT2D eigenvalue weighted by atomic mass is 10.2. The van der Waals surface area contributed by atoms with Crippen molar-refractivity contribution < 1.29 is 9.59 Å². The van der Waals surface area contributed by atoms with Crippen molar-refractivity contribution in [2.24, 2.45) is 5.10 Å². The molecule has 25 heavy (non-hydrogen) atoms. The van der Waals surface area contributed by atoms with E-state index < -0.39 is 11.9 Å². The number of rotatable bonds is 6. The SMILES string of the molecule is CSc1ccc(C=NNC(=O)C(C)NC(=O)c2ccccc2Br)cc1. The predicted molar refractivity (Wildman–Crippen MR) is 105 cm³/mol. The first-order chi connectivity index (χ1) is 12.0. The summed E-state index contributed by atoms with van der Waals surface area (Å²) in [7, 11) is 0. The fourth-order valence-corrected chi connectivity index (χ4v) is 2.82. The Morgan fingerprint density at radius 1 is 1.16 bits per heavy atom. The van der Waals surface area contributed by atoms with E-state index in [1.165, 1.54) is 0 Å². The van der Waals surface area contributed by atoms with Crippen LogP contribution in [0.5, 0.6) is 0 Å². The molecule has 0 fully saturated rings. The summed E-state index contributed by atoms with van der Waals surface area (Å²) in [4.78, 5) is 25.4. The Kier molecular flexibility index (Phi) is 7.21. The summed E-state index contributed by atoms with van der Waals surface area (Å²) in [5.41, 5.74) is 3.78. The molecular formula is C18H18BrN3O2S. The van der Waals surface area contributed by atoms with Crippen LogP contribution >= 0.6 is 27.7 Å². The first kappa shape index (κ1) is 19.2. The Balaban J connectivity index is 1.88. The number of benzene rings is 2. The molecule has 2 aromatic carbocycles. The average molecular weight is 420 g/mol. The van der Waals surface area contributed by atoms with Gasteiger partial charge in [0.1, 0.15) is 6.04 Å². The summed E-state index contributed by atoms with van der Waals surface area (Å²) < 4.78 is 0.673. The Labute approximate surface area is 159 Å². The van der Waals surface area contributed by atoms with Crippen LogP contribution in [0.2, 0.25) is 0 Å². The fourth-order valence-electron chi connectivity index (χ4n) is 1.94. The average Bonchev–Trinajstić information content (AvgIpc) is 2.62. The molecule has 0 saturated heterocycles. The normalized spacial score (nSPS) is 12.0. The van der Waals surface area contributed by atoms with Gasteiger partial charge in [-0.25, -0.2) is 5.43 Å². The highest BCUT2D eigenvalue weighted by molar-refractivity contribution is 9.10. The van der Waals surface area contributed by atoms with Crippen molar-refractivity contribution in [3.8, 4) is 0 Å². The number of hydrogen-bond acceptors (Lipinski definition) is 4. The third kappa shape index (κ3) is 5.72. The maximum absolute atomic E-state index is 12.2. The molecule has 2 aromatic rings. The van der Waals surface area contributed by atoms with Crippen LogP contribution in [0.1, 0.15) is 22.8 Å². The fraction of sp³-hybridized carbons (Fsp3) is 0.167. The Morgan fingerprint density at radius 2 is 1.84 bits per heavy atom. The molecule has 0 radical (unpaired) electrons. The molecule has 1 atom stereocenters. The van der Waals surface area contributed by atoms with Crippen LogP contribution in [0.25, 0.3) is 0 Å². The van der Waals surface area contributed by atoms with Crippen LogP contribution in [0.3, 0.4) is 0 Å². The lowest BCUT2D eigenvalue weighted by Crippen LogP contribution is -2.43. The topological polar surface area (TPSA) is 70.6 Å². The van der Waals surface area contributed by atoms with Crippen molar-refractivity contribution in [1.29, 1.82) is 0 Å². The third-order valence-corrected chi connectivity index (χ3v) is 4.80. The summed E-state index contributed by atoms with van der Waals surface area (Å²) in [5, 5.41) is 6.57. The molecule has 0 aliphatic heterocycles. The van der Waals surface area contributed by atoms with Gasteiger partial charge in [0.15, 0.2) is 0 Å². The van der Waals surface area contributed by atoms with Crippen LogP contribution in [0, 0.1) is 0 Å². The summed E-state index contributed by atoms with van der Waals surface area (Å²) in [6.07, 6.45) is 3.57. The highest BCUT2D eigenvalue weighted by Gasteiger charge is 2.17. The number of hydrogen-bond donors (Lipinski definition) is 2. The van der Waals surface area contributed by atoms with E-state index in [1.54, 1.807) is 43.1 Å². The van der Waals surface area contributed by atoms with Gasteiger partial charge in [-0.3, -0.25) is 9.59 Å². The molecule has 2 amide bonds. The maximum atomic E-state index is 12.2. The predicted octanol–water partition coefficient (Wildman–Crippen LogP) is 3.44. The van der Waals surface area contributed by atoms with E-state index in [0.717, 1.165) is 10.5 Å². The van der Waals surface area contributed by atoms with Gasteiger partial charge in [-0.2, -0.15) is 5.10 Å². The first-order valence-electron chi connectivity index (χ1n) is 7.53. The van der Waals surface area contributed by atoms with Gasteiger partial charge in [0.25, 0.3) is 11.8 Å². The van der Waals surface area contributed by atoms with E-state index in [-0.39, 0.29) is 5.91 Å². The zero-order valence-corrected chi connectivity index (χ0v) is 16.2. The summed E-state index contributed by atoms with van der Waals surface area (Å²) in [6.45, 7) is 1.60. The second kappa shape index (κ2) is 9.39. The van der Waals surface area contributed by atoms with E-state index >= 15 is 0 Å². The Hall–Kier alpha value is -2.12. The maximum Gasteiger partial charge on any atom is 0.262 e. The number of nitrogens with zero attached hydrogens (tertiary/aromatic N) is 1. The lowest BCUT2D eigenvalue weighted by molar-refractivity contribution is -0.122. The number of hydrazone groups is 1. The van der Waals surface area contributed by atoms with E-state index in [9.17, 15) is 9.59 Å². The molecule has 0 spiro atoms. The van der Waals surface area contributed by atoms with Crippen LogP contribution in [-0.4, -0.2) is 30.3 Å². The third-order valence-electron chi connectivity index (χ3n) is 3.36. The van der Waals surface area contributed by atoms with Crippen molar-refractivity contribution in [3.05, 3.63) is 64.1 Å². The molecular weight excluding hydrogens is 402 g/mol. The number of amides is 2. The summed E-state index contributed by atoms with van der Waals surface area (Å²) in [5.74, 6) is -0.718. The van der Waals surface area contributed by atoms with Gasteiger partial charge in [0.2, 0.25) is 0 Å². The lowest BCUT2D eigenvalue weighted by Gasteiger charge is -2.12. The van der Waals surface area contributed by atoms with Gasteiger partial charge in [0.05, 0.1) is 11.8 Å². The molecule has 0 saturated carbocycles. The summed E-state index contributed by atoms with van der Waals surface area (Å²) >= 11 is 4.97. The van der Waals surface area contributed by atoms with Gasteiger partial charge >= 0.3 is 0 Å². The van der Waals surface area contributed by atoms with Crippen LogP contribution in [0.15, 0.2) is 63.0 Å². The summed E-state index contributed by atoms with van der Waals surface area (Å²) in [6, 6.07) is 14.1. The monoisotopic (exact) mass is 419 g/mol. The van der Waals surface area contributed by atoms with Gasteiger partial charge < -0.3 is 5.32 Å². The van der Waals surface area contributed by atoms with Crippen LogP contribution < -0.4 is 10.7 Å². The molecule has 0 aromatic heterocycles. The van der Waals surface area contributed by atoms with Gasteiger partial charge in [0, 0.05) is 9.37 Å².